The monoisotopic (exact) mass is 430 g/mol. The summed E-state index contributed by atoms with van der Waals surface area (Å²) in [5.74, 6) is 0. The summed E-state index contributed by atoms with van der Waals surface area (Å²) in [6, 6.07) is 11.2. The highest BCUT2D eigenvalue weighted by atomic mass is 19.4. The van der Waals surface area contributed by atoms with Gasteiger partial charge in [-0.25, -0.2) is 4.79 Å². The number of ether oxygens (including phenoxy) is 1. The zero-order valence-electron chi connectivity index (χ0n) is 16.6. The summed E-state index contributed by atoms with van der Waals surface area (Å²) in [5.41, 5.74) is -1.03. The quantitative estimate of drug-likeness (QED) is 0.528. The maximum absolute atomic E-state index is 13.3. The van der Waals surface area contributed by atoms with Gasteiger partial charge in [0.05, 0.1) is 5.56 Å². The molecule has 5 nitrogen and oxygen atoms in total. The number of rotatable bonds is 3. The number of fused-ring (bicyclic) bond motifs is 1. The van der Waals surface area contributed by atoms with Crippen molar-refractivity contribution >= 4 is 22.6 Å². The molecule has 0 bridgehead atoms. The van der Waals surface area contributed by atoms with Gasteiger partial charge in [0.1, 0.15) is 6.10 Å². The molecule has 2 N–H and O–H groups in total. The number of pyridine rings is 1. The van der Waals surface area contributed by atoms with Crippen molar-refractivity contribution in [2.75, 3.05) is 5.32 Å². The van der Waals surface area contributed by atoms with Gasteiger partial charge in [0, 0.05) is 22.3 Å². The normalized spacial score (nSPS) is 15.1. The van der Waals surface area contributed by atoms with Gasteiger partial charge >= 0.3 is 12.3 Å². The van der Waals surface area contributed by atoms with Gasteiger partial charge in [-0.05, 0) is 55.3 Å². The molecule has 3 aromatic rings. The van der Waals surface area contributed by atoms with E-state index in [1.165, 1.54) is 30.3 Å². The van der Waals surface area contributed by atoms with Crippen LogP contribution in [0.1, 0.15) is 37.7 Å². The summed E-state index contributed by atoms with van der Waals surface area (Å²) in [4.78, 5) is 27.3. The zero-order valence-corrected chi connectivity index (χ0v) is 16.6. The van der Waals surface area contributed by atoms with Gasteiger partial charge in [0.15, 0.2) is 0 Å². The lowest BCUT2D eigenvalue weighted by Crippen LogP contribution is -2.24. The van der Waals surface area contributed by atoms with Crippen molar-refractivity contribution in [1.82, 2.24) is 4.98 Å². The molecule has 1 saturated carbocycles. The molecule has 31 heavy (non-hydrogen) atoms. The largest absolute Gasteiger partial charge is 0.446 e. The fourth-order valence-electron chi connectivity index (χ4n) is 3.93. The third kappa shape index (κ3) is 4.73. The van der Waals surface area contributed by atoms with E-state index in [9.17, 15) is 22.8 Å². The number of H-pyrrole nitrogens is 1. The van der Waals surface area contributed by atoms with Crippen molar-refractivity contribution < 1.29 is 22.7 Å². The Balaban J connectivity index is 1.61. The van der Waals surface area contributed by atoms with Crippen LogP contribution in [0.4, 0.5) is 23.7 Å². The second kappa shape index (κ2) is 8.45. The van der Waals surface area contributed by atoms with Crippen molar-refractivity contribution in [2.24, 2.45) is 0 Å². The number of aromatic amines is 1. The molecule has 162 valence electrons. The molecule has 0 unspecified atom stereocenters. The van der Waals surface area contributed by atoms with Crippen molar-refractivity contribution in [3.8, 4) is 11.3 Å². The van der Waals surface area contributed by atoms with Crippen molar-refractivity contribution in [1.29, 1.82) is 0 Å². The van der Waals surface area contributed by atoms with E-state index < -0.39 is 23.4 Å². The van der Waals surface area contributed by atoms with Gasteiger partial charge in [-0.3, -0.25) is 10.1 Å². The Kier molecular flexibility index (Phi) is 5.71. The fraction of sp³-hybridized carbons (Fsp3) is 0.304. The Morgan fingerprint density at radius 2 is 1.77 bits per heavy atom. The van der Waals surface area contributed by atoms with Gasteiger partial charge in [-0.1, -0.05) is 30.7 Å². The zero-order chi connectivity index (χ0) is 22.0. The van der Waals surface area contributed by atoms with E-state index in [2.05, 4.69) is 10.3 Å². The maximum Gasteiger partial charge on any atom is 0.417 e. The molecule has 2 aromatic carbocycles. The van der Waals surface area contributed by atoms with Gasteiger partial charge in [0.25, 0.3) is 5.56 Å². The highest BCUT2D eigenvalue weighted by Gasteiger charge is 2.33. The van der Waals surface area contributed by atoms with Crippen LogP contribution in [0.2, 0.25) is 0 Å². The van der Waals surface area contributed by atoms with Crippen molar-refractivity contribution in [3.63, 3.8) is 0 Å². The average Bonchev–Trinajstić information content (AvgIpc) is 2.74. The summed E-state index contributed by atoms with van der Waals surface area (Å²) >= 11 is 0. The maximum atomic E-state index is 13.3. The molecule has 4 rings (SSSR count). The molecule has 0 saturated heterocycles. The summed E-state index contributed by atoms with van der Waals surface area (Å²) in [6.45, 7) is 0. The van der Waals surface area contributed by atoms with E-state index in [0.29, 0.717) is 11.1 Å². The number of carbonyl (C=O) groups is 1. The predicted octanol–water partition coefficient (Wildman–Crippen LogP) is 6.10. The Labute approximate surface area is 176 Å². The van der Waals surface area contributed by atoms with E-state index >= 15 is 0 Å². The molecular formula is C23H21F3N2O3. The average molecular weight is 430 g/mol. The number of hydrogen-bond donors (Lipinski definition) is 2. The van der Waals surface area contributed by atoms with Crippen LogP contribution in [0.3, 0.4) is 0 Å². The Morgan fingerprint density at radius 3 is 2.52 bits per heavy atom. The van der Waals surface area contributed by atoms with Crippen LogP contribution >= 0.6 is 0 Å². The Bertz CT molecular complexity index is 1160. The number of carbonyl (C=O) groups excluding carboxylic acids is 1. The first kappa shape index (κ1) is 21.0. The number of nitrogens with one attached hydrogen (secondary N) is 2. The van der Waals surface area contributed by atoms with E-state index in [1.807, 2.05) is 0 Å². The van der Waals surface area contributed by atoms with Crippen molar-refractivity contribution in [3.05, 3.63) is 64.4 Å². The molecule has 0 radical (unpaired) electrons. The predicted molar refractivity (Wildman–Crippen MR) is 112 cm³/mol. The van der Waals surface area contributed by atoms with Crippen LogP contribution in [0.15, 0.2) is 53.3 Å². The second-order valence-corrected chi connectivity index (χ2v) is 7.65. The number of hydrogen-bond acceptors (Lipinski definition) is 3. The smallest absolute Gasteiger partial charge is 0.417 e. The summed E-state index contributed by atoms with van der Waals surface area (Å²) < 4.78 is 45.5. The van der Waals surface area contributed by atoms with Crippen molar-refractivity contribution in [2.45, 2.75) is 44.4 Å². The third-order valence-corrected chi connectivity index (χ3v) is 5.44. The topological polar surface area (TPSA) is 71.2 Å². The lowest BCUT2D eigenvalue weighted by Gasteiger charge is -2.21. The first-order chi connectivity index (χ1) is 14.8. The van der Waals surface area contributed by atoms with Gasteiger partial charge in [-0.2, -0.15) is 13.2 Å². The third-order valence-electron chi connectivity index (χ3n) is 5.44. The molecule has 8 heteroatoms. The number of alkyl halides is 3. The van der Waals surface area contributed by atoms with Crippen LogP contribution in [0, 0.1) is 0 Å². The van der Waals surface area contributed by atoms with Gasteiger partial charge in [0.2, 0.25) is 0 Å². The number of anilines is 1. The molecule has 1 aliphatic carbocycles. The van der Waals surface area contributed by atoms with E-state index in [4.69, 9.17) is 4.74 Å². The lowest BCUT2D eigenvalue weighted by atomic mass is 9.98. The van der Waals surface area contributed by atoms with Crippen LogP contribution in [-0.2, 0) is 10.9 Å². The van der Waals surface area contributed by atoms with Crippen LogP contribution in [0.25, 0.3) is 22.0 Å². The first-order valence-electron chi connectivity index (χ1n) is 10.1. The molecule has 0 atom stereocenters. The molecular weight excluding hydrogens is 409 g/mol. The molecule has 1 heterocycles. The molecule has 1 amide bonds. The van der Waals surface area contributed by atoms with Crippen LogP contribution in [0.5, 0.6) is 0 Å². The Hall–Kier alpha value is -3.29. The van der Waals surface area contributed by atoms with Gasteiger partial charge < -0.3 is 9.72 Å². The first-order valence-corrected chi connectivity index (χ1v) is 10.1. The van der Waals surface area contributed by atoms with Crippen LogP contribution < -0.4 is 10.9 Å². The number of aromatic nitrogens is 1. The molecule has 0 aliphatic heterocycles. The highest BCUT2D eigenvalue weighted by Crippen LogP contribution is 2.36. The summed E-state index contributed by atoms with van der Waals surface area (Å²) in [7, 11) is 0. The summed E-state index contributed by atoms with van der Waals surface area (Å²) in [6.07, 6.45) is -0.349. The molecule has 1 aliphatic rings. The minimum atomic E-state index is -4.55. The minimum Gasteiger partial charge on any atom is -0.446 e. The molecule has 1 aromatic heterocycles. The van der Waals surface area contributed by atoms with E-state index in [-0.39, 0.29) is 22.7 Å². The summed E-state index contributed by atoms with van der Waals surface area (Å²) in [5, 5.41) is 3.33. The van der Waals surface area contributed by atoms with E-state index in [1.54, 1.807) is 12.1 Å². The Morgan fingerprint density at radius 1 is 1.03 bits per heavy atom. The number of amides is 1. The standard InChI is InChI=1S/C23H21F3N2O3/c24-23(25,26)19-9-5-4-8-17(19)20-12-14-10-11-15(13-18(14)21(29)28-20)27-22(30)31-16-6-2-1-3-7-16/h4-5,8-13,16H,1-3,6-7H2,(H,27,30)(H,28,29). The highest BCUT2D eigenvalue weighted by molar-refractivity contribution is 5.92. The van der Waals surface area contributed by atoms with E-state index in [0.717, 1.165) is 38.2 Å². The minimum absolute atomic E-state index is 0.0721. The van der Waals surface area contributed by atoms with Gasteiger partial charge in [-0.15, -0.1) is 0 Å². The molecule has 1 fully saturated rings. The SMILES string of the molecule is O=C(Nc1ccc2cc(-c3ccccc3C(F)(F)F)[nH]c(=O)c2c1)OC1CCCCC1. The van der Waals surface area contributed by atoms with Crippen LogP contribution in [-0.4, -0.2) is 17.2 Å². The number of benzene rings is 2. The molecule has 0 spiro atoms. The second-order valence-electron chi connectivity index (χ2n) is 7.65. The fourth-order valence-corrected chi connectivity index (χ4v) is 3.93. The lowest BCUT2D eigenvalue weighted by molar-refractivity contribution is -0.137. The number of halogens is 3.